The van der Waals surface area contributed by atoms with Crippen molar-refractivity contribution in [1.82, 2.24) is 4.72 Å². The van der Waals surface area contributed by atoms with Crippen LogP contribution in [0, 0.1) is 11.6 Å². The average Bonchev–Trinajstić information content (AvgIpc) is 2.40. The Morgan fingerprint density at radius 3 is 2.18 bits per heavy atom. The van der Waals surface area contributed by atoms with Crippen molar-refractivity contribution in [2.75, 3.05) is 0 Å². The Balaban J connectivity index is 2.34. The van der Waals surface area contributed by atoms with E-state index in [1.54, 1.807) is 6.07 Å². The molecule has 2 rings (SSSR count). The molecule has 8 heteroatoms. The Hall–Kier alpha value is -1.21. The molecule has 0 saturated heterocycles. The Kier molecular flexibility index (Phi) is 5.07. The van der Waals surface area contributed by atoms with Gasteiger partial charge in [-0.15, -0.1) is 0 Å². The molecule has 22 heavy (non-hydrogen) atoms. The summed E-state index contributed by atoms with van der Waals surface area (Å²) in [6.45, 7) is 1.52. The van der Waals surface area contributed by atoms with E-state index in [9.17, 15) is 17.2 Å². The first-order valence-corrected chi connectivity index (χ1v) is 8.37. The summed E-state index contributed by atoms with van der Waals surface area (Å²) in [4.78, 5) is -1.01. The molecule has 0 aliphatic carbocycles. The van der Waals surface area contributed by atoms with E-state index in [1.165, 1.54) is 19.1 Å². The number of hydrogen-bond donors (Lipinski definition) is 1. The summed E-state index contributed by atoms with van der Waals surface area (Å²) >= 11 is 11.7. The van der Waals surface area contributed by atoms with E-state index in [0.29, 0.717) is 10.6 Å². The zero-order valence-electron chi connectivity index (χ0n) is 11.3. The molecule has 0 aliphatic rings. The number of benzene rings is 2. The van der Waals surface area contributed by atoms with Gasteiger partial charge in [0.15, 0.2) is 4.90 Å². The zero-order chi connectivity index (χ0) is 16.5. The number of nitrogens with one attached hydrogen (secondary N) is 1. The van der Waals surface area contributed by atoms with Gasteiger partial charge in [0.1, 0.15) is 11.6 Å². The summed E-state index contributed by atoms with van der Waals surface area (Å²) in [5.41, 5.74) is 0.509. The fraction of sp³-hybridized carbons (Fsp3) is 0.143. The van der Waals surface area contributed by atoms with Crippen molar-refractivity contribution in [3.63, 3.8) is 0 Å². The summed E-state index contributed by atoms with van der Waals surface area (Å²) in [6.07, 6.45) is 0. The predicted molar refractivity (Wildman–Crippen MR) is 81.6 cm³/mol. The monoisotopic (exact) mass is 365 g/mol. The highest BCUT2D eigenvalue weighted by atomic mass is 35.5. The molecule has 1 atom stereocenters. The van der Waals surface area contributed by atoms with Crippen LogP contribution < -0.4 is 4.72 Å². The van der Waals surface area contributed by atoms with Crippen LogP contribution in [0.5, 0.6) is 0 Å². The van der Waals surface area contributed by atoms with Crippen LogP contribution in [0.3, 0.4) is 0 Å². The fourth-order valence-corrected chi connectivity index (χ4v) is 3.56. The molecule has 0 heterocycles. The maximum absolute atomic E-state index is 13.6. The number of rotatable bonds is 4. The van der Waals surface area contributed by atoms with E-state index < -0.39 is 32.6 Å². The first-order chi connectivity index (χ1) is 10.2. The van der Waals surface area contributed by atoms with Gasteiger partial charge in [-0.1, -0.05) is 35.3 Å². The van der Waals surface area contributed by atoms with E-state index in [1.807, 2.05) is 0 Å². The maximum Gasteiger partial charge on any atom is 0.246 e. The maximum atomic E-state index is 13.6. The lowest BCUT2D eigenvalue weighted by Gasteiger charge is -2.16. The van der Waals surface area contributed by atoms with Gasteiger partial charge in [0, 0.05) is 6.04 Å². The van der Waals surface area contributed by atoms with Crippen molar-refractivity contribution in [2.24, 2.45) is 0 Å². The zero-order valence-corrected chi connectivity index (χ0v) is 13.6. The summed E-state index contributed by atoms with van der Waals surface area (Å²) in [5.74, 6) is -2.32. The van der Waals surface area contributed by atoms with Gasteiger partial charge in [0.2, 0.25) is 10.0 Å². The highest BCUT2D eigenvalue weighted by Crippen LogP contribution is 2.27. The smallest absolute Gasteiger partial charge is 0.207 e. The molecule has 0 spiro atoms. The minimum atomic E-state index is -4.37. The third-order valence-corrected chi connectivity index (χ3v) is 5.29. The van der Waals surface area contributed by atoms with Gasteiger partial charge in [0.05, 0.1) is 10.0 Å². The van der Waals surface area contributed by atoms with Crippen LogP contribution in [0.4, 0.5) is 8.78 Å². The van der Waals surface area contributed by atoms with Crippen LogP contribution in [0.1, 0.15) is 18.5 Å². The molecular formula is C14H11Cl2F2NO2S. The van der Waals surface area contributed by atoms with Crippen LogP contribution in [0.25, 0.3) is 0 Å². The first kappa shape index (κ1) is 17.1. The second-order valence-corrected chi connectivity index (χ2v) is 7.03. The Morgan fingerprint density at radius 2 is 1.64 bits per heavy atom. The van der Waals surface area contributed by atoms with Gasteiger partial charge >= 0.3 is 0 Å². The van der Waals surface area contributed by atoms with Crippen molar-refractivity contribution < 1.29 is 17.2 Å². The summed E-state index contributed by atoms with van der Waals surface area (Å²) in [5, 5.41) is 0.572. The molecule has 0 aliphatic heterocycles. The highest BCUT2D eigenvalue weighted by molar-refractivity contribution is 7.89. The second kappa shape index (κ2) is 6.50. The molecule has 0 fully saturated rings. The van der Waals surface area contributed by atoms with E-state index in [2.05, 4.69) is 4.72 Å². The number of halogens is 4. The molecule has 0 aromatic heterocycles. The van der Waals surface area contributed by atoms with Crippen molar-refractivity contribution >= 4 is 33.2 Å². The summed E-state index contributed by atoms with van der Waals surface area (Å²) in [7, 11) is -4.37. The second-order valence-electron chi connectivity index (χ2n) is 4.57. The van der Waals surface area contributed by atoms with Crippen LogP contribution in [0.2, 0.25) is 10.0 Å². The molecule has 1 unspecified atom stereocenters. The van der Waals surface area contributed by atoms with Crippen LogP contribution >= 0.6 is 23.2 Å². The Bertz CT molecular complexity index is 792. The SMILES string of the molecule is CC(NS(=O)(=O)c1c(F)cccc1F)c1ccc(Cl)c(Cl)c1. The van der Waals surface area contributed by atoms with Gasteiger partial charge in [-0.25, -0.2) is 21.9 Å². The molecule has 0 radical (unpaired) electrons. The standard InChI is InChI=1S/C14H11Cl2F2NO2S/c1-8(9-5-6-10(15)11(16)7-9)19-22(20,21)14-12(17)3-2-4-13(14)18/h2-8,19H,1H3. The van der Waals surface area contributed by atoms with Gasteiger partial charge in [-0.2, -0.15) is 0 Å². The highest BCUT2D eigenvalue weighted by Gasteiger charge is 2.26. The van der Waals surface area contributed by atoms with E-state index >= 15 is 0 Å². The average molecular weight is 366 g/mol. The van der Waals surface area contributed by atoms with Crippen LogP contribution in [-0.4, -0.2) is 8.42 Å². The van der Waals surface area contributed by atoms with Crippen molar-refractivity contribution in [3.05, 3.63) is 63.6 Å². The minimum Gasteiger partial charge on any atom is -0.207 e. The lowest BCUT2D eigenvalue weighted by Crippen LogP contribution is -2.28. The summed E-state index contributed by atoms with van der Waals surface area (Å²) < 4.78 is 53.8. The van der Waals surface area contributed by atoms with Crippen molar-refractivity contribution in [2.45, 2.75) is 17.9 Å². The predicted octanol–water partition coefficient (Wildman–Crippen LogP) is 4.31. The lowest BCUT2D eigenvalue weighted by atomic mass is 10.1. The fourth-order valence-electron chi connectivity index (χ4n) is 1.88. The van der Waals surface area contributed by atoms with Crippen LogP contribution in [-0.2, 0) is 10.0 Å². The minimum absolute atomic E-state index is 0.252. The quantitative estimate of drug-likeness (QED) is 0.877. The molecule has 1 N–H and O–H groups in total. The molecule has 2 aromatic carbocycles. The van der Waals surface area contributed by atoms with Crippen molar-refractivity contribution in [1.29, 1.82) is 0 Å². The van der Waals surface area contributed by atoms with E-state index in [4.69, 9.17) is 23.2 Å². The third-order valence-electron chi connectivity index (χ3n) is 2.96. The lowest BCUT2D eigenvalue weighted by molar-refractivity contribution is 0.509. The molecule has 3 nitrogen and oxygen atoms in total. The molecule has 2 aromatic rings. The molecule has 118 valence electrons. The van der Waals surface area contributed by atoms with Crippen LogP contribution in [0.15, 0.2) is 41.3 Å². The number of sulfonamides is 1. The van der Waals surface area contributed by atoms with Gasteiger partial charge < -0.3 is 0 Å². The largest absolute Gasteiger partial charge is 0.246 e. The summed E-state index contributed by atoms with van der Waals surface area (Å²) in [6, 6.07) is 6.65. The van der Waals surface area contributed by atoms with Gasteiger partial charge in [-0.05, 0) is 36.8 Å². The third kappa shape index (κ3) is 3.57. The van der Waals surface area contributed by atoms with E-state index in [0.717, 1.165) is 18.2 Å². The Labute approximate surface area is 136 Å². The van der Waals surface area contributed by atoms with E-state index in [-0.39, 0.29) is 5.02 Å². The Morgan fingerprint density at radius 1 is 1.05 bits per heavy atom. The van der Waals surface area contributed by atoms with Gasteiger partial charge in [0.25, 0.3) is 0 Å². The van der Waals surface area contributed by atoms with Crippen molar-refractivity contribution in [3.8, 4) is 0 Å². The van der Waals surface area contributed by atoms with Gasteiger partial charge in [-0.3, -0.25) is 0 Å². The normalized spacial score (nSPS) is 13.1. The topological polar surface area (TPSA) is 46.2 Å². The first-order valence-electron chi connectivity index (χ1n) is 6.13. The molecular weight excluding hydrogens is 355 g/mol. The molecule has 0 saturated carbocycles. The molecule has 0 bridgehead atoms. The molecule has 0 amide bonds. The number of hydrogen-bond acceptors (Lipinski definition) is 2.